The number of amides is 1. The van der Waals surface area contributed by atoms with Crippen molar-refractivity contribution in [1.82, 2.24) is 5.32 Å². The molecular formula is C18H25NO7. The summed E-state index contributed by atoms with van der Waals surface area (Å²) in [6.07, 6.45) is 3.24. The lowest BCUT2D eigenvalue weighted by molar-refractivity contribution is -0.144. The molecule has 0 aromatic rings. The molecule has 0 saturated heterocycles. The van der Waals surface area contributed by atoms with E-state index in [1.165, 1.54) is 13.4 Å². The number of ether oxygens (including phenoxy) is 4. The third-order valence-corrected chi connectivity index (χ3v) is 4.45. The van der Waals surface area contributed by atoms with Gasteiger partial charge in [-0.05, 0) is 26.7 Å². The van der Waals surface area contributed by atoms with Gasteiger partial charge in [-0.3, -0.25) is 4.79 Å². The fraction of sp³-hybridized carbons (Fsp3) is 0.611. The van der Waals surface area contributed by atoms with Crippen LogP contribution in [-0.4, -0.2) is 44.6 Å². The number of rotatable bonds is 7. The lowest BCUT2D eigenvalue weighted by Crippen LogP contribution is -2.40. The standard InChI is InChI=1S/C18H25NO7/c1-4-24-14(20)6-5-9-19-18(22)26-17-15-11(2)7-8-12(15)13(10-25-17)16(21)23-3/h7,10,12,15,17H,4-6,8-9H2,1-3H3,(H,19,22). The Hall–Kier alpha value is -2.51. The van der Waals surface area contributed by atoms with E-state index in [0.29, 0.717) is 25.0 Å². The molecule has 144 valence electrons. The lowest BCUT2D eigenvalue weighted by Gasteiger charge is -2.33. The highest BCUT2D eigenvalue weighted by Gasteiger charge is 2.44. The van der Waals surface area contributed by atoms with Crippen molar-refractivity contribution in [3.63, 3.8) is 0 Å². The van der Waals surface area contributed by atoms with E-state index in [-0.39, 0.29) is 30.8 Å². The fourth-order valence-electron chi connectivity index (χ4n) is 3.17. The van der Waals surface area contributed by atoms with E-state index < -0.39 is 18.4 Å². The zero-order valence-corrected chi connectivity index (χ0v) is 15.3. The fourth-order valence-corrected chi connectivity index (χ4v) is 3.17. The van der Waals surface area contributed by atoms with Gasteiger partial charge in [-0.2, -0.15) is 0 Å². The largest absolute Gasteiger partial charge is 0.466 e. The summed E-state index contributed by atoms with van der Waals surface area (Å²) < 4.78 is 20.4. The van der Waals surface area contributed by atoms with Crippen molar-refractivity contribution in [2.75, 3.05) is 20.3 Å². The molecule has 0 bridgehead atoms. The Balaban J connectivity index is 1.86. The Morgan fingerprint density at radius 3 is 2.81 bits per heavy atom. The second kappa shape index (κ2) is 9.26. The molecule has 0 aromatic carbocycles. The van der Waals surface area contributed by atoms with E-state index in [9.17, 15) is 14.4 Å². The van der Waals surface area contributed by atoms with Crippen molar-refractivity contribution in [3.8, 4) is 0 Å². The highest BCUT2D eigenvalue weighted by Crippen LogP contribution is 2.43. The zero-order chi connectivity index (χ0) is 19.1. The number of nitrogens with one attached hydrogen (secondary N) is 1. The molecule has 8 heteroatoms. The van der Waals surface area contributed by atoms with Crippen molar-refractivity contribution in [1.29, 1.82) is 0 Å². The van der Waals surface area contributed by atoms with Crippen LogP contribution in [0.25, 0.3) is 0 Å². The third kappa shape index (κ3) is 4.77. The molecule has 1 N–H and O–H groups in total. The first-order valence-corrected chi connectivity index (χ1v) is 8.68. The van der Waals surface area contributed by atoms with Crippen LogP contribution in [0.2, 0.25) is 0 Å². The van der Waals surface area contributed by atoms with Gasteiger partial charge < -0.3 is 24.3 Å². The third-order valence-electron chi connectivity index (χ3n) is 4.45. The first-order chi connectivity index (χ1) is 12.5. The minimum atomic E-state index is -0.808. The molecule has 3 atom stereocenters. The summed E-state index contributed by atoms with van der Waals surface area (Å²) in [5.74, 6) is -1.09. The summed E-state index contributed by atoms with van der Waals surface area (Å²) in [4.78, 5) is 35.1. The van der Waals surface area contributed by atoms with Gasteiger partial charge in [-0.1, -0.05) is 11.6 Å². The summed E-state index contributed by atoms with van der Waals surface area (Å²) in [6.45, 7) is 4.28. The van der Waals surface area contributed by atoms with E-state index in [1.807, 2.05) is 13.0 Å². The van der Waals surface area contributed by atoms with Gasteiger partial charge in [0.1, 0.15) is 0 Å². The van der Waals surface area contributed by atoms with Crippen LogP contribution in [0.3, 0.4) is 0 Å². The van der Waals surface area contributed by atoms with Crippen molar-refractivity contribution < 1.29 is 33.3 Å². The zero-order valence-electron chi connectivity index (χ0n) is 15.3. The van der Waals surface area contributed by atoms with E-state index in [1.54, 1.807) is 6.92 Å². The van der Waals surface area contributed by atoms with E-state index in [4.69, 9.17) is 18.9 Å². The number of carbonyl (C=O) groups is 3. The van der Waals surface area contributed by atoms with Crippen LogP contribution in [0.15, 0.2) is 23.5 Å². The van der Waals surface area contributed by atoms with Crippen LogP contribution >= 0.6 is 0 Å². The van der Waals surface area contributed by atoms with Gasteiger partial charge in [0.05, 0.1) is 31.5 Å². The summed E-state index contributed by atoms with van der Waals surface area (Å²) in [5, 5.41) is 2.59. The maximum Gasteiger partial charge on any atom is 0.410 e. The van der Waals surface area contributed by atoms with Crippen molar-refractivity contribution in [2.24, 2.45) is 11.8 Å². The molecule has 1 amide bonds. The SMILES string of the molecule is CCOC(=O)CCCNC(=O)OC1OC=C(C(=O)OC)C2CC=C(C)C12. The van der Waals surface area contributed by atoms with Crippen molar-refractivity contribution >= 4 is 18.0 Å². The van der Waals surface area contributed by atoms with Gasteiger partial charge in [0.15, 0.2) is 0 Å². The second-order valence-corrected chi connectivity index (χ2v) is 6.13. The molecule has 2 aliphatic rings. The number of esters is 2. The summed E-state index contributed by atoms with van der Waals surface area (Å²) in [5.41, 5.74) is 1.45. The van der Waals surface area contributed by atoms with E-state index in [2.05, 4.69) is 5.32 Å². The van der Waals surface area contributed by atoms with Crippen LogP contribution in [0.5, 0.6) is 0 Å². The van der Waals surface area contributed by atoms with Crippen LogP contribution in [-0.2, 0) is 28.5 Å². The molecule has 1 aliphatic heterocycles. The number of fused-ring (bicyclic) bond motifs is 1. The quantitative estimate of drug-likeness (QED) is 0.318. The maximum atomic E-state index is 12.0. The average molecular weight is 367 g/mol. The Labute approximate surface area is 152 Å². The van der Waals surface area contributed by atoms with Crippen LogP contribution in [0, 0.1) is 11.8 Å². The molecule has 2 rings (SSSR count). The Morgan fingerprint density at radius 2 is 2.12 bits per heavy atom. The smallest absolute Gasteiger partial charge is 0.410 e. The van der Waals surface area contributed by atoms with E-state index in [0.717, 1.165) is 5.57 Å². The maximum absolute atomic E-state index is 12.0. The van der Waals surface area contributed by atoms with Crippen molar-refractivity contribution in [3.05, 3.63) is 23.5 Å². The summed E-state index contributed by atoms with van der Waals surface area (Å²) in [6, 6.07) is 0. The molecular weight excluding hydrogens is 342 g/mol. The minimum absolute atomic E-state index is 0.127. The predicted molar refractivity (Wildman–Crippen MR) is 90.7 cm³/mol. The number of hydrogen-bond acceptors (Lipinski definition) is 7. The van der Waals surface area contributed by atoms with Gasteiger partial charge in [0.25, 0.3) is 6.29 Å². The number of carbonyl (C=O) groups excluding carboxylic acids is 3. The average Bonchev–Trinajstić information content (AvgIpc) is 3.01. The first-order valence-electron chi connectivity index (χ1n) is 8.68. The van der Waals surface area contributed by atoms with Gasteiger partial charge in [-0.15, -0.1) is 0 Å². The van der Waals surface area contributed by atoms with Crippen molar-refractivity contribution in [2.45, 2.75) is 39.4 Å². The van der Waals surface area contributed by atoms with Gasteiger partial charge >= 0.3 is 18.0 Å². The van der Waals surface area contributed by atoms with Crippen LogP contribution in [0.4, 0.5) is 4.79 Å². The predicted octanol–water partition coefficient (Wildman–Crippen LogP) is 2.05. The highest BCUT2D eigenvalue weighted by atomic mass is 16.7. The molecule has 8 nitrogen and oxygen atoms in total. The Kier molecular flexibility index (Phi) is 7.06. The molecule has 0 spiro atoms. The van der Waals surface area contributed by atoms with E-state index >= 15 is 0 Å². The molecule has 1 aliphatic carbocycles. The minimum Gasteiger partial charge on any atom is -0.466 e. The summed E-state index contributed by atoms with van der Waals surface area (Å²) >= 11 is 0. The Morgan fingerprint density at radius 1 is 1.35 bits per heavy atom. The van der Waals surface area contributed by atoms with Gasteiger partial charge in [0, 0.05) is 18.9 Å². The summed E-state index contributed by atoms with van der Waals surface area (Å²) in [7, 11) is 1.32. The number of alkyl carbamates (subject to hydrolysis) is 1. The van der Waals surface area contributed by atoms with Gasteiger partial charge in [0.2, 0.25) is 0 Å². The molecule has 0 fully saturated rings. The number of methoxy groups -OCH3 is 1. The normalized spacial score (nSPS) is 23.7. The molecule has 1 heterocycles. The monoisotopic (exact) mass is 367 g/mol. The molecule has 0 aromatic heterocycles. The highest BCUT2D eigenvalue weighted by molar-refractivity contribution is 5.89. The van der Waals surface area contributed by atoms with Gasteiger partial charge in [-0.25, -0.2) is 9.59 Å². The Bertz CT molecular complexity index is 611. The molecule has 3 unspecified atom stereocenters. The van der Waals surface area contributed by atoms with Crippen LogP contribution in [0.1, 0.15) is 33.1 Å². The number of hydrogen-bond donors (Lipinski definition) is 1. The topological polar surface area (TPSA) is 100 Å². The second-order valence-electron chi connectivity index (χ2n) is 6.13. The lowest BCUT2D eigenvalue weighted by atomic mass is 9.84. The van der Waals surface area contributed by atoms with Crippen LogP contribution < -0.4 is 5.32 Å². The molecule has 0 saturated carbocycles. The first kappa shape index (κ1) is 19.8. The number of allylic oxidation sites excluding steroid dienone is 1. The molecule has 26 heavy (non-hydrogen) atoms. The molecule has 0 radical (unpaired) electrons.